The molecule has 0 aromatic rings. The maximum absolute atomic E-state index is 11.6. The van der Waals surface area contributed by atoms with E-state index < -0.39 is 17.9 Å². The number of nitrogens with one attached hydrogen (secondary N) is 1. The maximum Gasteiger partial charge on any atom is 0.323 e. The monoisotopic (exact) mass is 606 g/mol. The third-order valence-corrected chi connectivity index (χ3v) is 6.98. The summed E-state index contributed by atoms with van der Waals surface area (Å²) in [4.78, 5) is 93.1. The molecule has 3 fully saturated rings. The number of cyclic esters (lactones) is 2. The lowest BCUT2D eigenvalue weighted by Gasteiger charge is -2.31. The molecule has 0 bridgehead atoms. The summed E-state index contributed by atoms with van der Waals surface area (Å²) in [6.07, 6.45) is 0. The molecule has 40 heavy (non-hydrogen) atoms. The van der Waals surface area contributed by atoms with Crippen molar-refractivity contribution in [2.75, 3.05) is 89.5 Å². The Balaban J connectivity index is 0.000000336. The Morgan fingerprint density at radius 2 is 1.35 bits per heavy atom. The largest absolute Gasteiger partial charge is 0.481 e. The standard InChI is InChI=1S/C11H17N3O5S.C7H13N3O2.C4H4O3S/c1-13-4-10(17)14(5-9(13)16)3-2-12-8(15)6-20-7-11(18)19;1-9-4-7(12)10(3-2-8)5-6(9)11;5-3-1-8-2-4(6)7-3/h2-7H2,1H3,(H,12,15)(H,18,19);2-5,8H2,1H3;1-2H2. The molecule has 0 unspecified atom stereocenters. The summed E-state index contributed by atoms with van der Waals surface area (Å²) < 4.78 is 4.19. The number of esters is 2. The molecule has 0 aliphatic carbocycles. The van der Waals surface area contributed by atoms with Gasteiger partial charge in [-0.3, -0.25) is 38.4 Å². The molecule has 0 aromatic carbocycles. The predicted molar refractivity (Wildman–Crippen MR) is 144 cm³/mol. The third-order valence-electron chi connectivity index (χ3n) is 5.18. The summed E-state index contributed by atoms with van der Waals surface area (Å²) in [5.74, 6) is -1.88. The van der Waals surface area contributed by atoms with Gasteiger partial charge in [0.25, 0.3) is 0 Å². The number of carbonyl (C=O) groups is 8. The molecule has 0 atom stereocenters. The number of thioether (sulfide) groups is 2. The smallest absolute Gasteiger partial charge is 0.323 e. The second-order valence-corrected chi connectivity index (χ2v) is 10.5. The van der Waals surface area contributed by atoms with Crippen LogP contribution < -0.4 is 11.1 Å². The van der Waals surface area contributed by atoms with Crippen LogP contribution in [0.25, 0.3) is 0 Å². The van der Waals surface area contributed by atoms with Crippen LogP contribution in [-0.4, -0.2) is 162 Å². The Labute approximate surface area is 239 Å². The van der Waals surface area contributed by atoms with Gasteiger partial charge < -0.3 is 40.5 Å². The zero-order valence-corrected chi connectivity index (χ0v) is 23.9. The van der Waals surface area contributed by atoms with Crippen molar-refractivity contribution in [2.45, 2.75) is 0 Å². The Hall–Kier alpha value is -3.38. The fourth-order valence-corrected chi connectivity index (χ4v) is 4.22. The lowest BCUT2D eigenvalue weighted by Crippen LogP contribution is -2.53. The van der Waals surface area contributed by atoms with Crippen LogP contribution in [0.15, 0.2) is 0 Å². The molecule has 3 aliphatic heterocycles. The van der Waals surface area contributed by atoms with E-state index in [1.54, 1.807) is 14.1 Å². The van der Waals surface area contributed by atoms with Gasteiger partial charge in [-0.1, -0.05) is 0 Å². The van der Waals surface area contributed by atoms with Crippen LogP contribution in [0.5, 0.6) is 0 Å². The highest BCUT2D eigenvalue weighted by Crippen LogP contribution is 2.07. The number of nitrogens with zero attached hydrogens (tertiary/aromatic N) is 4. The first-order chi connectivity index (χ1) is 18.8. The Morgan fingerprint density at radius 3 is 1.77 bits per heavy atom. The van der Waals surface area contributed by atoms with Gasteiger partial charge in [0.1, 0.15) is 0 Å². The number of hydrogen-bond donors (Lipinski definition) is 3. The second-order valence-electron chi connectivity index (χ2n) is 8.49. The van der Waals surface area contributed by atoms with Crippen LogP contribution in [0.3, 0.4) is 0 Å². The van der Waals surface area contributed by atoms with Gasteiger partial charge in [-0.15, -0.1) is 23.5 Å². The molecule has 0 radical (unpaired) electrons. The van der Waals surface area contributed by atoms with Gasteiger partial charge >= 0.3 is 17.9 Å². The molecule has 3 heterocycles. The fraction of sp³-hybridized carbons (Fsp3) is 0.636. The van der Waals surface area contributed by atoms with Crippen LogP contribution in [0.1, 0.15) is 0 Å². The van der Waals surface area contributed by atoms with Crippen molar-refractivity contribution in [1.29, 1.82) is 0 Å². The van der Waals surface area contributed by atoms with E-state index in [-0.39, 0.29) is 80.3 Å². The van der Waals surface area contributed by atoms with Crippen molar-refractivity contribution in [3.8, 4) is 0 Å². The van der Waals surface area contributed by atoms with Crippen LogP contribution in [-0.2, 0) is 43.1 Å². The van der Waals surface area contributed by atoms with E-state index in [0.29, 0.717) is 24.6 Å². The normalized spacial score (nSPS) is 17.5. The molecule has 5 amide bonds. The zero-order valence-electron chi connectivity index (χ0n) is 22.3. The van der Waals surface area contributed by atoms with Gasteiger partial charge in [0.15, 0.2) is 0 Å². The minimum Gasteiger partial charge on any atom is -0.481 e. The van der Waals surface area contributed by atoms with E-state index in [0.717, 1.165) is 11.8 Å². The number of likely N-dealkylation sites (N-methyl/N-ethyl adjacent to an activating group) is 2. The molecule has 0 saturated carbocycles. The average Bonchev–Trinajstić information content (AvgIpc) is 2.86. The molecule has 3 aliphatic rings. The highest BCUT2D eigenvalue weighted by molar-refractivity contribution is 8.00. The van der Waals surface area contributed by atoms with E-state index in [2.05, 4.69) is 10.1 Å². The number of carboxylic acid groups (broad SMARTS) is 1. The molecule has 0 aromatic heterocycles. The molecule has 16 nitrogen and oxygen atoms in total. The Bertz CT molecular complexity index is 968. The van der Waals surface area contributed by atoms with Crippen LogP contribution in [0.4, 0.5) is 0 Å². The lowest BCUT2D eigenvalue weighted by molar-refractivity contribution is -0.156. The van der Waals surface area contributed by atoms with Crippen LogP contribution in [0.2, 0.25) is 0 Å². The maximum atomic E-state index is 11.6. The molecule has 224 valence electrons. The molecule has 3 rings (SSSR count). The van der Waals surface area contributed by atoms with Gasteiger partial charge in [-0.2, -0.15) is 0 Å². The van der Waals surface area contributed by atoms with Gasteiger partial charge in [0, 0.05) is 40.3 Å². The number of nitrogens with two attached hydrogens (primary N) is 1. The number of carboxylic acids is 1. The van der Waals surface area contributed by atoms with Gasteiger partial charge in [-0.25, -0.2) is 0 Å². The van der Waals surface area contributed by atoms with Crippen molar-refractivity contribution in [3.05, 3.63) is 0 Å². The summed E-state index contributed by atoms with van der Waals surface area (Å²) >= 11 is 2.29. The quantitative estimate of drug-likeness (QED) is 0.170. The second kappa shape index (κ2) is 18.1. The van der Waals surface area contributed by atoms with Crippen molar-refractivity contribution < 1.29 is 48.2 Å². The molecule has 4 N–H and O–H groups in total. The predicted octanol–water partition coefficient (Wildman–Crippen LogP) is -3.73. The van der Waals surface area contributed by atoms with E-state index in [1.807, 2.05) is 0 Å². The minimum absolute atomic E-state index is 0.0250. The van der Waals surface area contributed by atoms with Crippen LogP contribution in [0, 0.1) is 0 Å². The molecular weight excluding hydrogens is 572 g/mol. The summed E-state index contributed by atoms with van der Waals surface area (Å²) in [5, 5.41) is 11.0. The first-order valence-corrected chi connectivity index (χ1v) is 14.3. The molecule has 0 spiro atoms. The lowest BCUT2D eigenvalue weighted by atomic mass is 10.3. The number of amides is 5. The number of piperazine rings is 2. The van der Waals surface area contributed by atoms with Gasteiger partial charge in [0.05, 0.1) is 49.2 Å². The Kier molecular flexibility index (Phi) is 15.6. The van der Waals surface area contributed by atoms with Gasteiger partial charge in [0.2, 0.25) is 29.5 Å². The summed E-state index contributed by atoms with van der Waals surface area (Å²) in [6, 6.07) is 0. The van der Waals surface area contributed by atoms with Crippen molar-refractivity contribution in [2.24, 2.45) is 5.73 Å². The molecule has 3 saturated heterocycles. The average molecular weight is 607 g/mol. The Morgan fingerprint density at radius 1 is 0.850 bits per heavy atom. The third kappa shape index (κ3) is 13.6. The van der Waals surface area contributed by atoms with Crippen LogP contribution >= 0.6 is 23.5 Å². The minimum atomic E-state index is -0.968. The number of aliphatic carboxylic acids is 1. The number of carbonyl (C=O) groups excluding carboxylic acids is 7. The van der Waals surface area contributed by atoms with Gasteiger partial charge in [-0.05, 0) is 0 Å². The van der Waals surface area contributed by atoms with Crippen molar-refractivity contribution in [1.82, 2.24) is 24.9 Å². The molecule has 18 heteroatoms. The first kappa shape index (κ1) is 34.6. The number of ether oxygens (including phenoxy) is 1. The van der Waals surface area contributed by atoms with E-state index >= 15 is 0 Å². The highest BCUT2D eigenvalue weighted by Gasteiger charge is 2.27. The van der Waals surface area contributed by atoms with Crippen molar-refractivity contribution in [3.63, 3.8) is 0 Å². The topological polar surface area (TPSA) is 217 Å². The van der Waals surface area contributed by atoms with Crippen molar-refractivity contribution >= 4 is 71.0 Å². The zero-order chi connectivity index (χ0) is 30.2. The number of hydrogen-bond acceptors (Lipinski definition) is 12. The van der Waals surface area contributed by atoms with E-state index in [1.165, 1.54) is 31.4 Å². The fourth-order valence-electron chi connectivity index (χ4n) is 3.11. The highest BCUT2D eigenvalue weighted by atomic mass is 32.2. The molecular formula is C22H34N6O10S2. The number of rotatable bonds is 9. The summed E-state index contributed by atoms with van der Waals surface area (Å²) in [7, 11) is 3.19. The van der Waals surface area contributed by atoms with E-state index in [9.17, 15) is 38.4 Å². The SMILES string of the molecule is CN1CC(=O)N(CCN)CC1=O.CN1CC(=O)N(CCNC(=O)CSCC(=O)O)CC1=O.O=C1CSCC(=O)O1. The van der Waals surface area contributed by atoms with E-state index in [4.69, 9.17) is 10.8 Å². The first-order valence-electron chi connectivity index (χ1n) is 11.9. The summed E-state index contributed by atoms with van der Waals surface area (Å²) in [5.41, 5.74) is 5.28. The summed E-state index contributed by atoms with van der Waals surface area (Å²) in [6.45, 7) is 1.83.